The lowest BCUT2D eigenvalue weighted by molar-refractivity contribution is 0.102. The van der Waals surface area contributed by atoms with Crippen molar-refractivity contribution in [1.29, 1.82) is 0 Å². The Balaban J connectivity index is 1.97. The van der Waals surface area contributed by atoms with Crippen molar-refractivity contribution in [1.82, 2.24) is 14.5 Å². The second-order valence-corrected chi connectivity index (χ2v) is 4.85. The van der Waals surface area contributed by atoms with Gasteiger partial charge in [-0.3, -0.25) is 9.36 Å². The molecule has 0 unspecified atom stereocenters. The highest BCUT2D eigenvalue weighted by atomic mass is 32.1. The molecule has 110 valence electrons. The van der Waals surface area contributed by atoms with Gasteiger partial charge in [-0.15, -0.1) is 0 Å². The van der Waals surface area contributed by atoms with Gasteiger partial charge in [-0.25, -0.2) is 9.37 Å². The minimum Gasteiger partial charge on any atom is -0.336 e. The molecule has 2 heterocycles. The molecule has 0 aliphatic carbocycles. The lowest BCUT2D eigenvalue weighted by Crippen LogP contribution is -2.17. The third-order valence-corrected chi connectivity index (χ3v) is 3.30. The number of hydrogen-bond acceptors (Lipinski definition) is 3. The van der Waals surface area contributed by atoms with E-state index in [1.54, 1.807) is 36.5 Å². The fraction of sp³-hybridized carbons (Fsp3) is 0. The van der Waals surface area contributed by atoms with Gasteiger partial charge < -0.3 is 10.3 Å². The molecule has 7 heteroatoms. The number of nitrogens with one attached hydrogen (secondary N) is 2. The van der Waals surface area contributed by atoms with E-state index >= 15 is 0 Å². The summed E-state index contributed by atoms with van der Waals surface area (Å²) in [6.07, 6.45) is 3.09. The second-order valence-electron chi connectivity index (χ2n) is 4.46. The molecule has 0 aliphatic rings. The zero-order valence-corrected chi connectivity index (χ0v) is 12.1. The maximum Gasteiger partial charge on any atom is 0.275 e. The molecule has 0 aliphatic heterocycles. The molecule has 5 nitrogen and oxygen atoms in total. The number of H-pyrrole nitrogens is 1. The number of imidazole rings is 1. The number of amides is 1. The zero-order valence-electron chi connectivity index (χ0n) is 11.3. The third-order valence-electron chi connectivity index (χ3n) is 3.00. The van der Waals surface area contributed by atoms with Crippen LogP contribution in [-0.4, -0.2) is 20.4 Å². The van der Waals surface area contributed by atoms with Crippen LogP contribution in [0.3, 0.4) is 0 Å². The number of halogens is 1. The number of rotatable bonds is 3. The van der Waals surface area contributed by atoms with Crippen molar-refractivity contribution in [3.63, 3.8) is 0 Å². The number of aromatic nitrogens is 3. The summed E-state index contributed by atoms with van der Waals surface area (Å²) in [5.74, 6) is -0.286. The van der Waals surface area contributed by atoms with Gasteiger partial charge in [-0.1, -0.05) is 6.07 Å². The zero-order chi connectivity index (χ0) is 15.5. The summed E-state index contributed by atoms with van der Waals surface area (Å²) in [6, 6.07) is 10.9. The monoisotopic (exact) mass is 314 g/mol. The van der Waals surface area contributed by atoms with Crippen molar-refractivity contribution < 1.29 is 9.18 Å². The van der Waals surface area contributed by atoms with Crippen LogP contribution in [-0.2, 0) is 0 Å². The van der Waals surface area contributed by atoms with E-state index in [0.717, 1.165) is 0 Å². The molecule has 3 rings (SSSR count). The fourth-order valence-electron chi connectivity index (χ4n) is 2.00. The van der Waals surface area contributed by atoms with Crippen molar-refractivity contribution in [3.8, 4) is 5.69 Å². The SMILES string of the molecule is O=C(Nc1ccccn1)c1c[nH]c(=S)n1-c1ccc(F)cc1. The van der Waals surface area contributed by atoms with Crippen LogP contribution in [0.25, 0.3) is 5.69 Å². The normalized spacial score (nSPS) is 10.4. The molecule has 22 heavy (non-hydrogen) atoms. The quantitative estimate of drug-likeness (QED) is 0.729. The molecular formula is C15H11FN4OS. The minimum atomic E-state index is -0.365. The summed E-state index contributed by atoms with van der Waals surface area (Å²) in [7, 11) is 0. The number of carbonyl (C=O) groups is 1. The maximum absolute atomic E-state index is 13.0. The number of benzene rings is 1. The smallest absolute Gasteiger partial charge is 0.275 e. The van der Waals surface area contributed by atoms with Crippen LogP contribution in [0.5, 0.6) is 0 Å². The summed E-state index contributed by atoms with van der Waals surface area (Å²) in [6.45, 7) is 0. The number of anilines is 1. The Labute approximate surface area is 130 Å². The first-order chi connectivity index (χ1) is 10.6. The highest BCUT2D eigenvalue weighted by Gasteiger charge is 2.15. The number of hydrogen-bond donors (Lipinski definition) is 2. The largest absolute Gasteiger partial charge is 0.336 e. The van der Waals surface area contributed by atoms with Crippen molar-refractivity contribution >= 4 is 23.9 Å². The second kappa shape index (κ2) is 5.90. The van der Waals surface area contributed by atoms with Gasteiger partial charge in [0.2, 0.25) is 0 Å². The molecule has 0 saturated carbocycles. The predicted molar refractivity (Wildman–Crippen MR) is 83.1 cm³/mol. The van der Waals surface area contributed by atoms with Gasteiger partial charge in [-0.05, 0) is 48.6 Å². The van der Waals surface area contributed by atoms with Gasteiger partial charge >= 0.3 is 0 Å². The first-order valence-corrected chi connectivity index (χ1v) is 6.85. The van der Waals surface area contributed by atoms with Crippen LogP contribution in [0, 0.1) is 10.6 Å². The van der Waals surface area contributed by atoms with Crippen molar-refractivity contribution in [3.05, 3.63) is 71.1 Å². The van der Waals surface area contributed by atoms with Gasteiger partial charge in [0.1, 0.15) is 17.3 Å². The molecule has 0 radical (unpaired) electrons. The van der Waals surface area contributed by atoms with Crippen molar-refractivity contribution in [2.24, 2.45) is 0 Å². The summed E-state index contributed by atoms with van der Waals surface area (Å²) >= 11 is 5.19. The maximum atomic E-state index is 13.0. The van der Waals surface area contributed by atoms with Crippen LogP contribution >= 0.6 is 12.2 Å². The minimum absolute atomic E-state index is 0.308. The van der Waals surface area contributed by atoms with Crippen molar-refractivity contribution in [2.75, 3.05) is 5.32 Å². The van der Waals surface area contributed by atoms with E-state index in [1.165, 1.54) is 22.9 Å². The first-order valence-electron chi connectivity index (χ1n) is 6.44. The molecule has 0 spiro atoms. The lowest BCUT2D eigenvalue weighted by atomic mass is 10.3. The van der Waals surface area contributed by atoms with Gasteiger partial charge in [-0.2, -0.15) is 0 Å². The van der Waals surface area contributed by atoms with E-state index in [0.29, 0.717) is 22.0 Å². The Hall–Kier alpha value is -2.80. The molecule has 0 atom stereocenters. The molecule has 0 fully saturated rings. The summed E-state index contributed by atoms with van der Waals surface area (Å²) in [4.78, 5) is 19.2. The van der Waals surface area contributed by atoms with Gasteiger partial charge in [0.15, 0.2) is 4.77 Å². The molecule has 2 N–H and O–H groups in total. The molecule has 0 bridgehead atoms. The fourth-order valence-corrected chi connectivity index (χ4v) is 2.26. The Morgan fingerprint density at radius 3 is 2.68 bits per heavy atom. The third kappa shape index (κ3) is 2.79. The number of pyridine rings is 1. The molecule has 0 saturated heterocycles. The van der Waals surface area contributed by atoms with E-state index < -0.39 is 0 Å². The highest BCUT2D eigenvalue weighted by molar-refractivity contribution is 7.71. The summed E-state index contributed by atoms with van der Waals surface area (Å²) < 4.78 is 14.9. The topological polar surface area (TPSA) is 62.7 Å². The van der Waals surface area contributed by atoms with E-state index in [4.69, 9.17) is 12.2 Å². The van der Waals surface area contributed by atoms with E-state index in [9.17, 15) is 9.18 Å². The Kier molecular flexibility index (Phi) is 3.80. The van der Waals surface area contributed by atoms with Gasteiger partial charge in [0.25, 0.3) is 5.91 Å². The van der Waals surface area contributed by atoms with Gasteiger partial charge in [0.05, 0.1) is 0 Å². The van der Waals surface area contributed by atoms with E-state index in [2.05, 4.69) is 15.3 Å². The number of aromatic amines is 1. The molecule has 1 aromatic carbocycles. The standard InChI is InChI=1S/C15H11FN4OS/c16-10-4-6-11(7-5-10)20-12(9-18-15(20)22)14(21)19-13-3-1-2-8-17-13/h1-9H,(H,18,22)(H,17,19,21). The Bertz CT molecular complexity index is 855. The van der Waals surface area contributed by atoms with Crippen LogP contribution in [0.15, 0.2) is 54.9 Å². The molecule has 3 aromatic rings. The number of nitrogens with zero attached hydrogens (tertiary/aromatic N) is 2. The molecular weight excluding hydrogens is 303 g/mol. The summed E-state index contributed by atoms with van der Waals surface area (Å²) in [5, 5.41) is 2.68. The first kappa shape index (κ1) is 14.2. The highest BCUT2D eigenvalue weighted by Crippen LogP contribution is 2.15. The average molecular weight is 314 g/mol. The van der Waals surface area contributed by atoms with Crippen LogP contribution in [0.2, 0.25) is 0 Å². The Morgan fingerprint density at radius 1 is 1.23 bits per heavy atom. The molecule has 2 aromatic heterocycles. The van der Waals surface area contributed by atoms with Crippen molar-refractivity contribution in [2.45, 2.75) is 0 Å². The molecule has 1 amide bonds. The summed E-state index contributed by atoms with van der Waals surface area (Å²) in [5.41, 5.74) is 0.904. The van der Waals surface area contributed by atoms with Gasteiger partial charge in [0, 0.05) is 18.1 Å². The number of carbonyl (C=O) groups excluding carboxylic acids is 1. The van der Waals surface area contributed by atoms with Crippen LogP contribution in [0.4, 0.5) is 10.2 Å². The van der Waals surface area contributed by atoms with E-state index in [1.807, 2.05) is 0 Å². The van der Waals surface area contributed by atoms with E-state index in [-0.39, 0.29) is 11.7 Å². The van der Waals surface area contributed by atoms with Crippen LogP contribution in [0.1, 0.15) is 10.5 Å². The average Bonchev–Trinajstić information content (AvgIpc) is 2.91. The van der Waals surface area contributed by atoms with Crippen LogP contribution < -0.4 is 5.32 Å². The Morgan fingerprint density at radius 2 is 2.00 bits per heavy atom. The predicted octanol–water partition coefficient (Wildman–Crippen LogP) is 3.32. The lowest BCUT2D eigenvalue weighted by Gasteiger charge is -2.08.